The van der Waals surface area contributed by atoms with Gasteiger partial charge >= 0.3 is 5.97 Å². The Hall–Kier alpha value is -1.58. The van der Waals surface area contributed by atoms with Crippen LogP contribution in [0.2, 0.25) is 0 Å². The number of carboxylic acids is 1. The highest BCUT2D eigenvalue weighted by atomic mass is 19.1. The van der Waals surface area contributed by atoms with E-state index in [0.29, 0.717) is 5.69 Å². The number of nitrogens with zero attached hydrogens (tertiary/aromatic N) is 1. The summed E-state index contributed by atoms with van der Waals surface area (Å²) in [5.41, 5.74) is 0.990. The zero-order valence-electron chi connectivity index (χ0n) is 10.0. The van der Waals surface area contributed by atoms with E-state index >= 15 is 0 Å². The SMILES string of the molecule is CN(C)c1c(F)cccc1C1(CC(=O)O)CC1. The quantitative estimate of drug-likeness (QED) is 0.874. The normalized spacial score (nSPS) is 16.6. The molecule has 0 unspecified atom stereocenters. The Morgan fingerprint density at radius 3 is 2.59 bits per heavy atom. The molecule has 0 aromatic heterocycles. The number of rotatable bonds is 4. The highest BCUT2D eigenvalue weighted by Crippen LogP contribution is 2.54. The summed E-state index contributed by atoms with van der Waals surface area (Å²) in [4.78, 5) is 12.6. The average molecular weight is 237 g/mol. The van der Waals surface area contributed by atoms with E-state index < -0.39 is 5.97 Å². The molecule has 0 aliphatic heterocycles. The fourth-order valence-corrected chi connectivity index (χ4v) is 2.38. The molecule has 1 aromatic carbocycles. The van der Waals surface area contributed by atoms with Gasteiger partial charge in [0.05, 0.1) is 12.1 Å². The lowest BCUT2D eigenvalue weighted by Gasteiger charge is -2.23. The van der Waals surface area contributed by atoms with Crippen LogP contribution >= 0.6 is 0 Å². The van der Waals surface area contributed by atoms with E-state index in [1.165, 1.54) is 6.07 Å². The first kappa shape index (κ1) is 11.9. The summed E-state index contributed by atoms with van der Waals surface area (Å²) in [7, 11) is 3.55. The van der Waals surface area contributed by atoms with E-state index in [9.17, 15) is 9.18 Å². The Morgan fingerprint density at radius 1 is 1.47 bits per heavy atom. The number of hydrogen-bond acceptors (Lipinski definition) is 2. The molecule has 0 saturated heterocycles. The van der Waals surface area contributed by atoms with Crippen LogP contribution in [0.4, 0.5) is 10.1 Å². The van der Waals surface area contributed by atoms with Gasteiger partial charge < -0.3 is 10.0 Å². The van der Waals surface area contributed by atoms with E-state index in [1.807, 2.05) is 6.07 Å². The molecular weight excluding hydrogens is 221 g/mol. The third-order valence-electron chi connectivity index (χ3n) is 3.35. The van der Waals surface area contributed by atoms with Gasteiger partial charge in [-0.3, -0.25) is 4.79 Å². The predicted molar refractivity (Wildman–Crippen MR) is 63.9 cm³/mol. The summed E-state index contributed by atoms with van der Waals surface area (Å²) in [6, 6.07) is 4.91. The number of hydrogen-bond donors (Lipinski definition) is 1. The van der Waals surface area contributed by atoms with Gasteiger partial charge in [-0.2, -0.15) is 0 Å². The van der Waals surface area contributed by atoms with Crippen LogP contribution in [-0.2, 0) is 10.2 Å². The average Bonchev–Trinajstić information content (AvgIpc) is 2.96. The first-order valence-electron chi connectivity index (χ1n) is 5.64. The summed E-state index contributed by atoms with van der Waals surface area (Å²) in [6.07, 6.45) is 1.73. The van der Waals surface area contributed by atoms with Crippen LogP contribution in [0, 0.1) is 5.82 Å². The van der Waals surface area contributed by atoms with E-state index in [4.69, 9.17) is 5.11 Å². The van der Waals surface area contributed by atoms with Crippen LogP contribution in [-0.4, -0.2) is 25.2 Å². The largest absolute Gasteiger partial charge is 0.481 e. The molecule has 0 spiro atoms. The molecule has 1 saturated carbocycles. The van der Waals surface area contributed by atoms with Crippen LogP contribution in [0.5, 0.6) is 0 Å². The Kier molecular flexibility index (Phi) is 2.81. The third kappa shape index (κ3) is 2.12. The Morgan fingerprint density at radius 2 is 2.12 bits per heavy atom. The van der Waals surface area contributed by atoms with Gasteiger partial charge in [-0.05, 0) is 24.5 Å². The number of anilines is 1. The van der Waals surface area contributed by atoms with Crippen molar-refractivity contribution in [1.29, 1.82) is 0 Å². The summed E-state index contributed by atoms with van der Waals surface area (Å²) in [5, 5.41) is 8.94. The van der Waals surface area contributed by atoms with Crippen molar-refractivity contribution in [3.05, 3.63) is 29.6 Å². The second kappa shape index (κ2) is 4.02. The molecule has 3 nitrogen and oxygen atoms in total. The second-order valence-corrected chi connectivity index (χ2v) is 4.88. The molecule has 1 fully saturated rings. The van der Waals surface area contributed by atoms with Crippen molar-refractivity contribution in [3.63, 3.8) is 0 Å². The Labute approximate surface area is 99.9 Å². The first-order valence-corrected chi connectivity index (χ1v) is 5.64. The van der Waals surface area contributed by atoms with E-state index in [0.717, 1.165) is 18.4 Å². The topological polar surface area (TPSA) is 40.5 Å². The van der Waals surface area contributed by atoms with Crippen LogP contribution < -0.4 is 4.90 Å². The Bertz CT molecular complexity index is 453. The summed E-state index contributed by atoms with van der Waals surface area (Å²) in [6.45, 7) is 0. The number of carbonyl (C=O) groups is 1. The molecule has 0 bridgehead atoms. The van der Waals surface area contributed by atoms with Crippen LogP contribution in [0.1, 0.15) is 24.8 Å². The van der Waals surface area contributed by atoms with Crippen molar-refractivity contribution in [2.24, 2.45) is 0 Å². The standard InChI is InChI=1S/C13H16FNO2/c1-15(2)12-9(4-3-5-10(12)14)13(6-7-13)8-11(16)17/h3-5H,6-8H2,1-2H3,(H,16,17). The first-order chi connectivity index (χ1) is 7.96. The second-order valence-electron chi connectivity index (χ2n) is 4.88. The maximum absolute atomic E-state index is 13.8. The highest BCUT2D eigenvalue weighted by Gasteiger charge is 2.47. The molecule has 1 aliphatic rings. The lowest BCUT2D eigenvalue weighted by molar-refractivity contribution is -0.137. The lowest BCUT2D eigenvalue weighted by Crippen LogP contribution is -2.20. The molecule has 4 heteroatoms. The lowest BCUT2D eigenvalue weighted by atomic mass is 9.90. The van der Waals surface area contributed by atoms with E-state index in [-0.39, 0.29) is 17.7 Å². The molecule has 17 heavy (non-hydrogen) atoms. The van der Waals surface area contributed by atoms with Gasteiger partial charge in [0.15, 0.2) is 0 Å². The predicted octanol–water partition coefficient (Wildman–Crippen LogP) is 2.40. The molecule has 2 rings (SSSR count). The van der Waals surface area contributed by atoms with Crippen LogP contribution in [0.15, 0.2) is 18.2 Å². The van der Waals surface area contributed by atoms with Gasteiger partial charge in [-0.15, -0.1) is 0 Å². The molecular formula is C13H16FNO2. The molecule has 92 valence electrons. The minimum Gasteiger partial charge on any atom is -0.481 e. The summed E-state index contributed by atoms with van der Waals surface area (Å²) >= 11 is 0. The third-order valence-corrected chi connectivity index (χ3v) is 3.35. The smallest absolute Gasteiger partial charge is 0.304 e. The van der Waals surface area contributed by atoms with Crippen LogP contribution in [0.25, 0.3) is 0 Å². The van der Waals surface area contributed by atoms with E-state index in [2.05, 4.69) is 0 Å². The molecule has 1 aliphatic carbocycles. The minimum atomic E-state index is -0.823. The number of carboxylic acid groups (broad SMARTS) is 1. The molecule has 0 atom stereocenters. The molecule has 1 aromatic rings. The van der Waals surface area contributed by atoms with Gasteiger partial charge in [0.2, 0.25) is 0 Å². The van der Waals surface area contributed by atoms with Crippen molar-refractivity contribution in [3.8, 4) is 0 Å². The number of para-hydroxylation sites is 1. The van der Waals surface area contributed by atoms with Crippen molar-refractivity contribution in [1.82, 2.24) is 0 Å². The monoisotopic (exact) mass is 237 g/mol. The van der Waals surface area contributed by atoms with E-state index in [1.54, 1.807) is 25.1 Å². The molecule has 1 N–H and O–H groups in total. The fourth-order valence-electron chi connectivity index (χ4n) is 2.38. The maximum Gasteiger partial charge on any atom is 0.304 e. The maximum atomic E-state index is 13.8. The van der Waals surface area contributed by atoms with Gasteiger partial charge in [-0.1, -0.05) is 12.1 Å². The molecule has 0 amide bonds. The van der Waals surface area contributed by atoms with Gasteiger partial charge in [0.1, 0.15) is 5.82 Å². The van der Waals surface area contributed by atoms with Gasteiger partial charge in [-0.25, -0.2) is 4.39 Å². The number of aliphatic carboxylic acids is 1. The Balaban J connectivity index is 2.45. The number of halogens is 1. The molecule has 0 radical (unpaired) electrons. The summed E-state index contributed by atoms with van der Waals surface area (Å²) in [5.74, 6) is -1.11. The van der Waals surface area contributed by atoms with Crippen molar-refractivity contribution < 1.29 is 14.3 Å². The van der Waals surface area contributed by atoms with Crippen LogP contribution in [0.3, 0.4) is 0 Å². The minimum absolute atomic E-state index is 0.0806. The van der Waals surface area contributed by atoms with Crippen molar-refractivity contribution in [2.75, 3.05) is 19.0 Å². The van der Waals surface area contributed by atoms with Gasteiger partial charge in [0, 0.05) is 19.5 Å². The number of benzene rings is 1. The van der Waals surface area contributed by atoms with Crippen molar-refractivity contribution in [2.45, 2.75) is 24.7 Å². The zero-order chi connectivity index (χ0) is 12.6. The fraction of sp³-hybridized carbons (Fsp3) is 0.462. The van der Waals surface area contributed by atoms with Gasteiger partial charge in [0.25, 0.3) is 0 Å². The molecule has 0 heterocycles. The highest BCUT2D eigenvalue weighted by molar-refractivity contribution is 5.72. The summed E-state index contributed by atoms with van der Waals surface area (Å²) < 4.78 is 13.8. The van der Waals surface area contributed by atoms with Crippen molar-refractivity contribution >= 4 is 11.7 Å². The zero-order valence-corrected chi connectivity index (χ0v) is 10.0.